The first-order chi connectivity index (χ1) is 13.8. The molecular formula is C19H17ClN2O4S3. The number of aromatic nitrogens is 1. The Balaban J connectivity index is 1.71. The second-order valence-electron chi connectivity index (χ2n) is 5.91. The molecule has 1 aromatic heterocycles. The summed E-state index contributed by atoms with van der Waals surface area (Å²) >= 11 is 7.06. The Morgan fingerprint density at radius 2 is 1.62 bits per heavy atom. The molecule has 1 N–H and O–H groups in total. The number of hydrogen-bond donors (Lipinski definition) is 1. The molecule has 3 aromatic rings. The van der Waals surface area contributed by atoms with E-state index in [1.165, 1.54) is 60.6 Å². The lowest BCUT2D eigenvalue weighted by molar-refractivity contribution is 0.596. The number of nitrogens with one attached hydrogen (secondary N) is 1. The maximum absolute atomic E-state index is 12.5. The minimum Gasteiger partial charge on any atom is -0.278 e. The van der Waals surface area contributed by atoms with E-state index in [0.29, 0.717) is 15.6 Å². The van der Waals surface area contributed by atoms with E-state index in [1.807, 2.05) is 0 Å². The van der Waals surface area contributed by atoms with Crippen molar-refractivity contribution in [3.8, 4) is 0 Å². The van der Waals surface area contributed by atoms with Crippen LogP contribution in [0.3, 0.4) is 0 Å². The highest BCUT2D eigenvalue weighted by Gasteiger charge is 2.18. The molecule has 0 atom stereocenters. The number of thioether (sulfide) groups is 1. The minimum absolute atomic E-state index is 0.0464. The van der Waals surface area contributed by atoms with E-state index < -0.39 is 19.9 Å². The van der Waals surface area contributed by atoms with Crippen LogP contribution in [0.5, 0.6) is 0 Å². The van der Waals surface area contributed by atoms with Gasteiger partial charge in [0.2, 0.25) is 0 Å². The van der Waals surface area contributed by atoms with Gasteiger partial charge in [-0.05, 0) is 48.5 Å². The van der Waals surface area contributed by atoms with Crippen molar-refractivity contribution < 1.29 is 16.8 Å². The van der Waals surface area contributed by atoms with E-state index in [0.717, 1.165) is 0 Å². The minimum atomic E-state index is -3.79. The number of sulfone groups is 1. The Morgan fingerprint density at radius 3 is 2.31 bits per heavy atom. The van der Waals surface area contributed by atoms with Gasteiger partial charge in [-0.15, -0.1) is 11.8 Å². The van der Waals surface area contributed by atoms with Gasteiger partial charge in [0.15, 0.2) is 9.84 Å². The summed E-state index contributed by atoms with van der Waals surface area (Å²) in [4.78, 5) is 4.71. The number of para-hydroxylation sites is 1. The third-order valence-electron chi connectivity index (χ3n) is 3.86. The smallest absolute Gasteiger partial charge is 0.263 e. The number of halogens is 1. The summed E-state index contributed by atoms with van der Waals surface area (Å²) in [6.45, 7) is 0. The van der Waals surface area contributed by atoms with Crippen LogP contribution in [0.4, 0.5) is 5.69 Å². The molecule has 0 saturated heterocycles. The molecule has 0 amide bonds. The maximum atomic E-state index is 12.5. The molecule has 6 nitrogen and oxygen atoms in total. The van der Waals surface area contributed by atoms with Gasteiger partial charge >= 0.3 is 0 Å². The number of nitrogens with zero attached hydrogens (tertiary/aromatic N) is 1. The normalized spacial score (nSPS) is 11.9. The molecule has 0 aliphatic carbocycles. The summed E-state index contributed by atoms with van der Waals surface area (Å²) in [6, 6.07) is 15.8. The van der Waals surface area contributed by atoms with E-state index in [9.17, 15) is 16.8 Å². The highest BCUT2D eigenvalue weighted by molar-refractivity contribution is 8.01. The third-order valence-corrected chi connectivity index (χ3v) is 8.53. The quantitative estimate of drug-likeness (QED) is 0.500. The van der Waals surface area contributed by atoms with Crippen LogP contribution < -0.4 is 4.72 Å². The van der Waals surface area contributed by atoms with Crippen LogP contribution >= 0.6 is 23.4 Å². The molecule has 0 aliphatic heterocycles. The van der Waals surface area contributed by atoms with Crippen molar-refractivity contribution in [2.45, 2.75) is 14.7 Å². The highest BCUT2D eigenvalue weighted by atomic mass is 35.5. The van der Waals surface area contributed by atoms with Crippen LogP contribution in [0.1, 0.15) is 0 Å². The Hall–Kier alpha value is -2.07. The molecule has 0 unspecified atom stereocenters. The van der Waals surface area contributed by atoms with Gasteiger partial charge in [0.25, 0.3) is 10.0 Å². The van der Waals surface area contributed by atoms with E-state index >= 15 is 0 Å². The Kier molecular flexibility index (Phi) is 6.84. The molecule has 0 aliphatic rings. The zero-order chi connectivity index (χ0) is 20.9. The van der Waals surface area contributed by atoms with Crippen LogP contribution in [0.25, 0.3) is 0 Å². The van der Waals surface area contributed by atoms with Crippen molar-refractivity contribution in [1.82, 2.24) is 4.98 Å². The van der Waals surface area contributed by atoms with Gasteiger partial charge in [0.05, 0.1) is 16.3 Å². The van der Waals surface area contributed by atoms with Crippen LogP contribution in [-0.4, -0.2) is 33.3 Å². The fourth-order valence-corrected chi connectivity index (χ4v) is 6.31. The number of anilines is 1. The zero-order valence-electron chi connectivity index (χ0n) is 15.0. The van der Waals surface area contributed by atoms with Crippen molar-refractivity contribution in [3.63, 3.8) is 0 Å². The summed E-state index contributed by atoms with van der Waals surface area (Å²) < 4.78 is 52.5. The average Bonchev–Trinajstić information content (AvgIpc) is 2.70. The molecule has 0 fully saturated rings. The van der Waals surface area contributed by atoms with Gasteiger partial charge in [-0.1, -0.05) is 23.7 Å². The first kappa shape index (κ1) is 21.6. The molecule has 1 heterocycles. The van der Waals surface area contributed by atoms with Crippen LogP contribution in [0, 0.1) is 0 Å². The van der Waals surface area contributed by atoms with E-state index in [2.05, 4.69) is 9.71 Å². The Labute approximate surface area is 179 Å². The fraction of sp³-hybridized carbons (Fsp3) is 0.105. The average molecular weight is 469 g/mol. The molecule has 0 bridgehead atoms. The molecule has 3 rings (SSSR count). The summed E-state index contributed by atoms with van der Waals surface area (Å²) in [5.74, 6) is 0.166. The SMILES string of the molecule is O=S(=O)(CCSc1ccccc1NS(=O)(=O)c1cccnc1)c1ccc(Cl)cc1. The van der Waals surface area contributed by atoms with Crippen molar-refractivity contribution in [1.29, 1.82) is 0 Å². The number of sulfonamides is 1. The summed E-state index contributed by atoms with van der Waals surface area (Å²) in [5.41, 5.74) is 0.380. The number of pyridine rings is 1. The first-order valence-corrected chi connectivity index (χ1v) is 12.9. The van der Waals surface area contributed by atoms with Gasteiger partial charge in [-0.2, -0.15) is 0 Å². The number of hydrogen-bond acceptors (Lipinski definition) is 6. The lowest BCUT2D eigenvalue weighted by Crippen LogP contribution is -2.14. The Bertz CT molecular complexity index is 1180. The second kappa shape index (κ2) is 9.17. The molecule has 152 valence electrons. The number of benzene rings is 2. The monoisotopic (exact) mass is 468 g/mol. The van der Waals surface area contributed by atoms with Crippen molar-refractivity contribution in [2.24, 2.45) is 0 Å². The topological polar surface area (TPSA) is 93.2 Å². The van der Waals surface area contributed by atoms with Crippen molar-refractivity contribution >= 4 is 48.9 Å². The molecule has 2 aromatic carbocycles. The molecule has 0 saturated carbocycles. The van der Waals surface area contributed by atoms with Crippen LogP contribution in [0.15, 0.2) is 87.7 Å². The molecule has 0 spiro atoms. The van der Waals surface area contributed by atoms with Gasteiger partial charge in [0.1, 0.15) is 4.90 Å². The van der Waals surface area contributed by atoms with Gasteiger partial charge in [-0.25, -0.2) is 16.8 Å². The largest absolute Gasteiger partial charge is 0.278 e. The van der Waals surface area contributed by atoms with Gasteiger partial charge < -0.3 is 0 Å². The second-order valence-corrected chi connectivity index (χ2v) is 11.3. The van der Waals surface area contributed by atoms with Gasteiger partial charge in [0, 0.05) is 28.1 Å². The Morgan fingerprint density at radius 1 is 0.897 bits per heavy atom. The molecule has 10 heteroatoms. The highest BCUT2D eigenvalue weighted by Crippen LogP contribution is 2.29. The van der Waals surface area contributed by atoms with E-state index in [1.54, 1.807) is 24.3 Å². The number of rotatable bonds is 8. The molecule has 29 heavy (non-hydrogen) atoms. The lowest BCUT2D eigenvalue weighted by atomic mass is 10.3. The predicted molar refractivity (Wildman–Crippen MR) is 116 cm³/mol. The predicted octanol–water partition coefficient (Wildman–Crippen LogP) is 4.10. The lowest BCUT2D eigenvalue weighted by Gasteiger charge is -2.12. The fourth-order valence-electron chi connectivity index (χ4n) is 2.41. The van der Waals surface area contributed by atoms with Crippen LogP contribution in [0.2, 0.25) is 5.02 Å². The standard InChI is InChI=1S/C19H17ClN2O4S3/c20-15-7-9-16(10-8-15)28(23,24)13-12-27-19-6-2-1-5-18(19)22-29(25,26)17-4-3-11-21-14-17/h1-11,14,22H,12-13H2. The van der Waals surface area contributed by atoms with Crippen molar-refractivity contribution in [2.75, 3.05) is 16.2 Å². The summed E-state index contributed by atoms with van der Waals surface area (Å²) in [5, 5.41) is 0.466. The summed E-state index contributed by atoms with van der Waals surface area (Å²) in [7, 11) is -7.26. The molecular weight excluding hydrogens is 452 g/mol. The first-order valence-electron chi connectivity index (χ1n) is 8.41. The van der Waals surface area contributed by atoms with Crippen molar-refractivity contribution in [3.05, 3.63) is 78.1 Å². The third kappa shape index (κ3) is 5.72. The van der Waals surface area contributed by atoms with E-state index in [4.69, 9.17) is 11.6 Å². The van der Waals surface area contributed by atoms with Gasteiger partial charge in [-0.3, -0.25) is 9.71 Å². The molecule has 0 radical (unpaired) electrons. The zero-order valence-corrected chi connectivity index (χ0v) is 18.2. The van der Waals surface area contributed by atoms with E-state index in [-0.39, 0.29) is 21.3 Å². The summed E-state index contributed by atoms with van der Waals surface area (Å²) in [6.07, 6.45) is 2.75. The maximum Gasteiger partial charge on any atom is 0.263 e. The van der Waals surface area contributed by atoms with Crippen LogP contribution in [-0.2, 0) is 19.9 Å².